The van der Waals surface area contributed by atoms with Crippen molar-refractivity contribution in [1.29, 1.82) is 0 Å². The molecular formula is C12H15Cl2N. The molecule has 1 saturated carbocycles. The van der Waals surface area contributed by atoms with Crippen molar-refractivity contribution < 1.29 is 0 Å². The van der Waals surface area contributed by atoms with Crippen LogP contribution in [-0.2, 0) is 0 Å². The second-order valence-electron chi connectivity index (χ2n) is 4.04. The Labute approximate surface area is 101 Å². The molecule has 0 saturated heterocycles. The molecule has 1 aliphatic carbocycles. The molecule has 3 heteroatoms. The first kappa shape index (κ1) is 11.3. The highest BCUT2D eigenvalue weighted by Crippen LogP contribution is 2.43. The van der Waals surface area contributed by atoms with Gasteiger partial charge in [0, 0.05) is 16.1 Å². The van der Waals surface area contributed by atoms with Crippen LogP contribution in [0.1, 0.15) is 31.4 Å². The lowest BCUT2D eigenvalue weighted by Crippen LogP contribution is -2.22. The Morgan fingerprint density at radius 2 is 2.13 bits per heavy atom. The molecule has 1 nitrogen and oxygen atoms in total. The highest BCUT2D eigenvalue weighted by atomic mass is 35.5. The molecule has 0 bridgehead atoms. The Morgan fingerprint density at radius 3 is 2.73 bits per heavy atom. The minimum Gasteiger partial charge on any atom is -0.310 e. The summed E-state index contributed by atoms with van der Waals surface area (Å²) in [5.74, 6) is 0.737. The zero-order valence-electron chi connectivity index (χ0n) is 8.76. The number of hydrogen-bond acceptors (Lipinski definition) is 1. The maximum Gasteiger partial charge on any atom is 0.0454 e. The Morgan fingerprint density at radius 1 is 1.40 bits per heavy atom. The van der Waals surface area contributed by atoms with Crippen molar-refractivity contribution in [3.63, 3.8) is 0 Å². The first-order valence-corrected chi connectivity index (χ1v) is 6.16. The van der Waals surface area contributed by atoms with Crippen LogP contribution in [0.3, 0.4) is 0 Å². The molecule has 82 valence electrons. The van der Waals surface area contributed by atoms with E-state index in [1.54, 1.807) is 0 Å². The lowest BCUT2D eigenvalue weighted by molar-refractivity contribution is 0.496. The summed E-state index contributed by atoms with van der Waals surface area (Å²) >= 11 is 12.2. The number of benzene rings is 1. The van der Waals surface area contributed by atoms with E-state index in [0.717, 1.165) is 28.1 Å². The third kappa shape index (κ3) is 2.66. The molecule has 1 unspecified atom stereocenters. The summed E-state index contributed by atoms with van der Waals surface area (Å²) in [5, 5.41) is 5.06. The van der Waals surface area contributed by atoms with Gasteiger partial charge >= 0.3 is 0 Å². The zero-order valence-corrected chi connectivity index (χ0v) is 10.3. The molecule has 0 spiro atoms. The van der Waals surface area contributed by atoms with E-state index >= 15 is 0 Å². The maximum absolute atomic E-state index is 6.20. The van der Waals surface area contributed by atoms with Crippen molar-refractivity contribution in [3.05, 3.63) is 33.8 Å². The van der Waals surface area contributed by atoms with Gasteiger partial charge in [-0.15, -0.1) is 0 Å². The minimum absolute atomic E-state index is 0.376. The molecule has 1 aromatic carbocycles. The van der Waals surface area contributed by atoms with Gasteiger partial charge in [0.1, 0.15) is 0 Å². The van der Waals surface area contributed by atoms with Crippen LogP contribution >= 0.6 is 23.2 Å². The fourth-order valence-electron chi connectivity index (χ4n) is 1.93. The van der Waals surface area contributed by atoms with Crippen LogP contribution in [0.15, 0.2) is 18.2 Å². The Hall–Kier alpha value is -0.240. The average Bonchev–Trinajstić information content (AvgIpc) is 3.02. The highest BCUT2D eigenvalue weighted by Gasteiger charge is 2.32. The smallest absolute Gasteiger partial charge is 0.0454 e. The van der Waals surface area contributed by atoms with E-state index in [9.17, 15) is 0 Å². The summed E-state index contributed by atoms with van der Waals surface area (Å²) in [6.07, 6.45) is 2.58. The van der Waals surface area contributed by atoms with Crippen molar-refractivity contribution in [2.75, 3.05) is 6.54 Å². The molecule has 1 fully saturated rings. The molecule has 1 aromatic rings. The topological polar surface area (TPSA) is 12.0 Å². The van der Waals surface area contributed by atoms with Gasteiger partial charge in [0.2, 0.25) is 0 Å². The van der Waals surface area contributed by atoms with Gasteiger partial charge in [-0.25, -0.2) is 0 Å². The molecule has 0 heterocycles. The molecule has 1 N–H and O–H groups in total. The van der Waals surface area contributed by atoms with E-state index in [4.69, 9.17) is 23.2 Å². The predicted molar refractivity (Wildman–Crippen MR) is 65.6 cm³/mol. The molecule has 1 aliphatic rings. The summed E-state index contributed by atoms with van der Waals surface area (Å²) in [6, 6.07) is 6.08. The largest absolute Gasteiger partial charge is 0.310 e. The van der Waals surface area contributed by atoms with E-state index in [0.29, 0.717) is 6.04 Å². The summed E-state index contributed by atoms with van der Waals surface area (Å²) in [5.41, 5.74) is 1.15. The van der Waals surface area contributed by atoms with Crippen LogP contribution in [0.5, 0.6) is 0 Å². The minimum atomic E-state index is 0.376. The lowest BCUT2D eigenvalue weighted by atomic mass is 10.0. The fourth-order valence-corrected chi connectivity index (χ4v) is 2.35. The van der Waals surface area contributed by atoms with E-state index in [2.05, 4.69) is 12.2 Å². The van der Waals surface area contributed by atoms with Crippen molar-refractivity contribution in [1.82, 2.24) is 5.32 Å². The van der Waals surface area contributed by atoms with Crippen molar-refractivity contribution in [3.8, 4) is 0 Å². The van der Waals surface area contributed by atoms with Gasteiger partial charge in [0.25, 0.3) is 0 Å². The molecular weight excluding hydrogens is 229 g/mol. The van der Waals surface area contributed by atoms with E-state index in [-0.39, 0.29) is 0 Å². The van der Waals surface area contributed by atoms with Crippen molar-refractivity contribution >= 4 is 23.2 Å². The molecule has 0 amide bonds. The van der Waals surface area contributed by atoms with E-state index in [1.807, 2.05) is 18.2 Å². The molecule has 0 aliphatic heterocycles. The summed E-state index contributed by atoms with van der Waals surface area (Å²) in [7, 11) is 0. The summed E-state index contributed by atoms with van der Waals surface area (Å²) in [4.78, 5) is 0. The average molecular weight is 244 g/mol. The van der Waals surface area contributed by atoms with Crippen LogP contribution < -0.4 is 5.32 Å². The molecule has 2 rings (SSSR count). The van der Waals surface area contributed by atoms with Crippen LogP contribution in [0.25, 0.3) is 0 Å². The van der Waals surface area contributed by atoms with Gasteiger partial charge < -0.3 is 5.32 Å². The van der Waals surface area contributed by atoms with Gasteiger partial charge in [-0.2, -0.15) is 0 Å². The lowest BCUT2D eigenvalue weighted by Gasteiger charge is -2.19. The Kier molecular flexibility index (Phi) is 3.55. The third-order valence-corrected chi connectivity index (χ3v) is 3.39. The molecule has 15 heavy (non-hydrogen) atoms. The normalized spacial score (nSPS) is 17.8. The summed E-state index contributed by atoms with van der Waals surface area (Å²) < 4.78 is 0. The van der Waals surface area contributed by atoms with Crippen LogP contribution in [0.2, 0.25) is 10.0 Å². The van der Waals surface area contributed by atoms with E-state index < -0.39 is 0 Å². The molecule has 0 radical (unpaired) electrons. The first-order chi connectivity index (χ1) is 7.22. The van der Waals surface area contributed by atoms with Crippen molar-refractivity contribution in [2.45, 2.75) is 25.8 Å². The first-order valence-electron chi connectivity index (χ1n) is 5.40. The van der Waals surface area contributed by atoms with Crippen molar-refractivity contribution in [2.24, 2.45) is 5.92 Å². The monoisotopic (exact) mass is 243 g/mol. The number of nitrogens with one attached hydrogen (secondary N) is 1. The molecule has 1 atom stereocenters. The maximum atomic E-state index is 6.20. The Balaban J connectivity index is 2.27. The standard InChI is InChI=1S/C12H15Cl2N/c1-2-15-12(8-3-4-8)10-7-9(13)5-6-11(10)14/h5-8,12,15H,2-4H2,1H3. The van der Waals surface area contributed by atoms with Gasteiger partial charge in [-0.3, -0.25) is 0 Å². The van der Waals surface area contributed by atoms with Gasteiger partial charge in [-0.05, 0) is 49.1 Å². The zero-order chi connectivity index (χ0) is 10.8. The second kappa shape index (κ2) is 4.73. The Bertz CT molecular complexity index is 347. The van der Waals surface area contributed by atoms with Crippen LogP contribution in [-0.4, -0.2) is 6.54 Å². The van der Waals surface area contributed by atoms with Gasteiger partial charge in [0.05, 0.1) is 0 Å². The van der Waals surface area contributed by atoms with Gasteiger partial charge in [0.15, 0.2) is 0 Å². The fraction of sp³-hybridized carbons (Fsp3) is 0.500. The number of hydrogen-bond donors (Lipinski definition) is 1. The third-order valence-electron chi connectivity index (χ3n) is 2.81. The second-order valence-corrected chi connectivity index (χ2v) is 4.88. The number of halogens is 2. The highest BCUT2D eigenvalue weighted by molar-refractivity contribution is 6.33. The van der Waals surface area contributed by atoms with Crippen LogP contribution in [0.4, 0.5) is 0 Å². The van der Waals surface area contributed by atoms with Crippen LogP contribution in [0, 0.1) is 5.92 Å². The predicted octanol–water partition coefficient (Wildman–Crippen LogP) is 4.05. The number of rotatable bonds is 4. The van der Waals surface area contributed by atoms with Gasteiger partial charge in [-0.1, -0.05) is 30.1 Å². The summed E-state index contributed by atoms with van der Waals surface area (Å²) in [6.45, 7) is 3.08. The molecule has 0 aromatic heterocycles. The quantitative estimate of drug-likeness (QED) is 0.842. The van der Waals surface area contributed by atoms with E-state index in [1.165, 1.54) is 12.8 Å². The SMILES string of the molecule is CCNC(c1cc(Cl)ccc1Cl)C1CC1.